The molecular formula is C14H15N3O2. The van der Waals surface area contributed by atoms with Crippen molar-refractivity contribution in [1.29, 1.82) is 0 Å². The number of para-hydroxylation sites is 2. The molecule has 1 aliphatic rings. The van der Waals surface area contributed by atoms with Crippen LogP contribution in [-0.4, -0.2) is 22.0 Å². The molecule has 1 aromatic carbocycles. The smallest absolute Gasteiger partial charge is 0.294 e. The summed E-state index contributed by atoms with van der Waals surface area (Å²) in [6.07, 6.45) is 2.31. The summed E-state index contributed by atoms with van der Waals surface area (Å²) < 4.78 is 1.56. The van der Waals surface area contributed by atoms with Gasteiger partial charge in [0.1, 0.15) is 0 Å². The van der Waals surface area contributed by atoms with Crippen LogP contribution in [0, 0.1) is 0 Å². The SMILES string of the molecule is Cn1c(=O)c(N2CCCCC2=O)nc2ccccc21. The fourth-order valence-electron chi connectivity index (χ4n) is 2.47. The van der Waals surface area contributed by atoms with Crippen molar-refractivity contribution in [2.24, 2.45) is 7.05 Å². The Balaban J connectivity index is 2.21. The van der Waals surface area contributed by atoms with Crippen LogP contribution < -0.4 is 10.5 Å². The van der Waals surface area contributed by atoms with E-state index in [4.69, 9.17) is 0 Å². The van der Waals surface area contributed by atoms with Crippen molar-refractivity contribution in [3.63, 3.8) is 0 Å². The number of anilines is 1. The Kier molecular flexibility index (Phi) is 2.81. The molecule has 1 fully saturated rings. The van der Waals surface area contributed by atoms with E-state index in [2.05, 4.69) is 4.98 Å². The Hall–Kier alpha value is -2.17. The van der Waals surface area contributed by atoms with Gasteiger partial charge in [0.2, 0.25) is 11.7 Å². The second-order valence-electron chi connectivity index (χ2n) is 4.79. The molecule has 0 atom stereocenters. The summed E-state index contributed by atoms with van der Waals surface area (Å²) in [6, 6.07) is 7.45. The molecule has 0 N–H and O–H groups in total. The Morgan fingerprint density at radius 2 is 1.95 bits per heavy atom. The number of hydrogen-bond donors (Lipinski definition) is 0. The fourth-order valence-corrected chi connectivity index (χ4v) is 2.47. The molecule has 2 heterocycles. The summed E-state index contributed by atoms with van der Waals surface area (Å²) in [6.45, 7) is 0.583. The molecule has 1 saturated heterocycles. The van der Waals surface area contributed by atoms with Crippen LogP contribution in [0.5, 0.6) is 0 Å². The van der Waals surface area contributed by atoms with Crippen molar-refractivity contribution in [2.45, 2.75) is 19.3 Å². The largest absolute Gasteiger partial charge is 0.307 e. The van der Waals surface area contributed by atoms with Crippen LogP contribution >= 0.6 is 0 Å². The number of nitrogens with zero attached hydrogens (tertiary/aromatic N) is 3. The van der Waals surface area contributed by atoms with E-state index in [1.54, 1.807) is 11.6 Å². The maximum absolute atomic E-state index is 12.3. The van der Waals surface area contributed by atoms with E-state index in [0.717, 1.165) is 23.9 Å². The number of aromatic nitrogens is 2. The summed E-state index contributed by atoms with van der Waals surface area (Å²) in [4.78, 5) is 30.2. The van der Waals surface area contributed by atoms with Gasteiger partial charge in [-0.1, -0.05) is 12.1 Å². The van der Waals surface area contributed by atoms with E-state index in [-0.39, 0.29) is 17.3 Å². The lowest BCUT2D eigenvalue weighted by molar-refractivity contribution is -0.119. The predicted molar refractivity (Wildman–Crippen MR) is 73.2 cm³/mol. The van der Waals surface area contributed by atoms with Crippen molar-refractivity contribution in [1.82, 2.24) is 9.55 Å². The third-order valence-corrected chi connectivity index (χ3v) is 3.54. The van der Waals surface area contributed by atoms with Gasteiger partial charge in [0.05, 0.1) is 11.0 Å². The molecule has 0 saturated carbocycles. The molecule has 0 aliphatic carbocycles. The van der Waals surface area contributed by atoms with E-state index in [1.165, 1.54) is 4.90 Å². The first-order valence-corrected chi connectivity index (χ1v) is 6.44. The first kappa shape index (κ1) is 11.9. The quantitative estimate of drug-likeness (QED) is 0.777. The van der Waals surface area contributed by atoms with Crippen molar-refractivity contribution >= 4 is 22.8 Å². The number of piperidine rings is 1. The molecule has 1 amide bonds. The van der Waals surface area contributed by atoms with Crippen LogP contribution in [-0.2, 0) is 11.8 Å². The van der Waals surface area contributed by atoms with E-state index >= 15 is 0 Å². The monoisotopic (exact) mass is 257 g/mol. The second-order valence-corrected chi connectivity index (χ2v) is 4.79. The van der Waals surface area contributed by atoms with E-state index in [1.807, 2.05) is 24.3 Å². The summed E-state index contributed by atoms with van der Waals surface area (Å²) in [5, 5.41) is 0. The zero-order valence-electron chi connectivity index (χ0n) is 10.8. The minimum Gasteiger partial charge on any atom is -0.307 e. The molecule has 2 aromatic rings. The van der Waals surface area contributed by atoms with Crippen LogP contribution in [0.3, 0.4) is 0 Å². The van der Waals surface area contributed by atoms with Gasteiger partial charge in [-0.05, 0) is 25.0 Å². The van der Waals surface area contributed by atoms with Crippen molar-refractivity contribution in [3.8, 4) is 0 Å². The fraction of sp³-hybridized carbons (Fsp3) is 0.357. The number of aryl methyl sites for hydroxylation is 1. The first-order valence-electron chi connectivity index (χ1n) is 6.44. The molecule has 3 rings (SSSR count). The van der Waals surface area contributed by atoms with Crippen molar-refractivity contribution < 1.29 is 4.79 Å². The van der Waals surface area contributed by atoms with Crippen LogP contribution in [0.2, 0.25) is 0 Å². The number of carbonyl (C=O) groups is 1. The Morgan fingerprint density at radius 1 is 1.16 bits per heavy atom. The van der Waals surface area contributed by atoms with Crippen LogP contribution in [0.25, 0.3) is 11.0 Å². The lowest BCUT2D eigenvalue weighted by Gasteiger charge is -2.25. The first-order chi connectivity index (χ1) is 9.18. The van der Waals surface area contributed by atoms with Gasteiger partial charge in [-0.15, -0.1) is 0 Å². The highest BCUT2D eigenvalue weighted by molar-refractivity contribution is 5.93. The number of carbonyl (C=O) groups excluding carboxylic acids is 1. The van der Waals surface area contributed by atoms with Gasteiger partial charge in [-0.25, -0.2) is 4.98 Å². The third kappa shape index (κ3) is 1.91. The zero-order chi connectivity index (χ0) is 13.4. The molecule has 1 aliphatic heterocycles. The summed E-state index contributed by atoms with van der Waals surface area (Å²) >= 11 is 0. The molecular weight excluding hydrogens is 242 g/mol. The summed E-state index contributed by atoms with van der Waals surface area (Å²) in [7, 11) is 1.71. The maximum atomic E-state index is 12.3. The minimum absolute atomic E-state index is 0.00821. The maximum Gasteiger partial charge on any atom is 0.294 e. The highest BCUT2D eigenvalue weighted by Gasteiger charge is 2.24. The van der Waals surface area contributed by atoms with Gasteiger partial charge >= 0.3 is 0 Å². The second kappa shape index (κ2) is 4.50. The third-order valence-electron chi connectivity index (χ3n) is 3.54. The topological polar surface area (TPSA) is 55.2 Å². The molecule has 1 aromatic heterocycles. The average molecular weight is 257 g/mol. The molecule has 0 radical (unpaired) electrons. The van der Waals surface area contributed by atoms with Gasteiger partial charge in [0.25, 0.3) is 5.56 Å². The Labute approximate surface area is 110 Å². The molecule has 19 heavy (non-hydrogen) atoms. The molecule has 0 spiro atoms. The summed E-state index contributed by atoms with van der Waals surface area (Å²) in [5.74, 6) is 0.247. The molecule has 5 heteroatoms. The minimum atomic E-state index is -0.214. The summed E-state index contributed by atoms with van der Waals surface area (Å²) in [5.41, 5.74) is 1.30. The standard InChI is InChI=1S/C14H15N3O2/c1-16-11-7-3-2-6-10(11)15-13(14(16)19)17-9-5-4-8-12(17)18/h2-3,6-7H,4-5,8-9H2,1H3. The zero-order valence-corrected chi connectivity index (χ0v) is 10.8. The number of benzene rings is 1. The lowest BCUT2D eigenvalue weighted by atomic mass is 10.1. The van der Waals surface area contributed by atoms with E-state index in [0.29, 0.717) is 13.0 Å². The van der Waals surface area contributed by atoms with Gasteiger partial charge in [-0.2, -0.15) is 0 Å². The molecule has 5 nitrogen and oxygen atoms in total. The normalized spacial score (nSPS) is 16.1. The van der Waals surface area contributed by atoms with Crippen molar-refractivity contribution in [3.05, 3.63) is 34.6 Å². The van der Waals surface area contributed by atoms with Crippen LogP contribution in [0.1, 0.15) is 19.3 Å². The van der Waals surface area contributed by atoms with Gasteiger partial charge in [-0.3, -0.25) is 14.5 Å². The van der Waals surface area contributed by atoms with E-state index in [9.17, 15) is 9.59 Å². The lowest BCUT2D eigenvalue weighted by Crippen LogP contribution is -2.40. The molecule has 98 valence electrons. The highest BCUT2D eigenvalue weighted by atomic mass is 16.2. The number of hydrogen-bond acceptors (Lipinski definition) is 3. The molecule has 0 unspecified atom stereocenters. The van der Waals surface area contributed by atoms with Gasteiger partial charge < -0.3 is 4.57 Å². The van der Waals surface area contributed by atoms with Crippen LogP contribution in [0.15, 0.2) is 29.1 Å². The van der Waals surface area contributed by atoms with Crippen molar-refractivity contribution in [2.75, 3.05) is 11.4 Å². The van der Waals surface area contributed by atoms with Gasteiger partial charge in [0, 0.05) is 20.0 Å². The van der Waals surface area contributed by atoms with Gasteiger partial charge in [0.15, 0.2) is 0 Å². The predicted octanol–water partition coefficient (Wildman–Crippen LogP) is 1.45. The number of rotatable bonds is 1. The number of fused-ring (bicyclic) bond motifs is 1. The average Bonchev–Trinajstić information content (AvgIpc) is 2.44. The van der Waals surface area contributed by atoms with E-state index < -0.39 is 0 Å². The Morgan fingerprint density at radius 3 is 2.74 bits per heavy atom. The number of amides is 1. The Bertz CT molecular complexity index is 705. The highest BCUT2D eigenvalue weighted by Crippen LogP contribution is 2.18. The van der Waals surface area contributed by atoms with Crippen LogP contribution in [0.4, 0.5) is 5.82 Å². The molecule has 0 bridgehead atoms.